The summed E-state index contributed by atoms with van der Waals surface area (Å²) in [5.41, 5.74) is 5.12. The maximum Gasteiger partial charge on any atom is 0.337 e. The Morgan fingerprint density at radius 1 is 1.17 bits per heavy atom. The lowest BCUT2D eigenvalue weighted by atomic mass is 9.86. The van der Waals surface area contributed by atoms with Crippen molar-refractivity contribution in [1.29, 1.82) is 5.26 Å². The van der Waals surface area contributed by atoms with Crippen LogP contribution in [0.15, 0.2) is 36.4 Å². The number of nitriles is 1. The molecule has 2 aliphatic heterocycles. The highest BCUT2D eigenvalue weighted by Gasteiger charge is 2.35. The normalized spacial score (nSPS) is 15.9. The number of nitrogens with zero attached hydrogens (tertiary/aromatic N) is 4. The number of rotatable bonds is 6. The van der Waals surface area contributed by atoms with Crippen molar-refractivity contribution in [3.05, 3.63) is 81.4 Å². The van der Waals surface area contributed by atoms with Crippen molar-refractivity contribution < 1.29 is 28.6 Å². The summed E-state index contributed by atoms with van der Waals surface area (Å²) in [6, 6.07) is 13.0. The highest BCUT2D eigenvalue weighted by Crippen LogP contribution is 2.45. The van der Waals surface area contributed by atoms with Gasteiger partial charge in [-0.3, -0.25) is 4.79 Å². The summed E-state index contributed by atoms with van der Waals surface area (Å²) in [6.07, 6.45) is 1.49. The van der Waals surface area contributed by atoms with Crippen molar-refractivity contribution >= 4 is 22.9 Å². The minimum Gasteiger partial charge on any atom is -0.490 e. The average Bonchev–Trinajstić information content (AvgIpc) is 3.39. The monoisotopic (exact) mass is 652 g/mol. The first kappa shape index (κ1) is 33.2. The predicted molar refractivity (Wildman–Crippen MR) is 180 cm³/mol. The molecule has 0 radical (unpaired) electrons. The molecule has 4 heterocycles. The summed E-state index contributed by atoms with van der Waals surface area (Å²) >= 11 is 0. The van der Waals surface area contributed by atoms with Crippen molar-refractivity contribution in [2.75, 3.05) is 19.7 Å². The Morgan fingerprint density at radius 2 is 1.90 bits per heavy atom. The number of amides is 1. The van der Waals surface area contributed by atoms with E-state index in [2.05, 4.69) is 6.07 Å². The van der Waals surface area contributed by atoms with Crippen LogP contribution >= 0.6 is 0 Å². The average molecular weight is 653 g/mol. The van der Waals surface area contributed by atoms with Crippen molar-refractivity contribution in [3.63, 3.8) is 0 Å². The Labute approximate surface area is 279 Å². The van der Waals surface area contributed by atoms with E-state index in [4.69, 9.17) is 14.5 Å². The number of halogens is 1. The molecule has 9 nitrogen and oxygen atoms in total. The van der Waals surface area contributed by atoms with Crippen LogP contribution in [0.25, 0.3) is 22.2 Å². The zero-order valence-electron chi connectivity index (χ0n) is 28.3. The second-order valence-corrected chi connectivity index (χ2v) is 13.9. The molecule has 1 amide bonds. The molecule has 1 fully saturated rings. The van der Waals surface area contributed by atoms with Crippen molar-refractivity contribution in [2.45, 2.75) is 77.9 Å². The number of benzene rings is 2. The lowest BCUT2D eigenvalue weighted by Gasteiger charge is -2.32. The van der Waals surface area contributed by atoms with Crippen LogP contribution in [0.2, 0.25) is 0 Å². The minimum absolute atomic E-state index is 0.160. The number of likely N-dealkylation sites (tertiary alicyclic amines) is 1. The van der Waals surface area contributed by atoms with E-state index in [1.54, 1.807) is 51.4 Å². The van der Waals surface area contributed by atoms with E-state index in [9.17, 15) is 20.0 Å². The van der Waals surface area contributed by atoms with E-state index in [0.717, 1.165) is 36.0 Å². The van der Waals surface area contributed by atoms with Gasteiger partial charge in [-0.15, -0.1) is 0 Å². The molecular weight excluding hydrogens is 611 g/mol. The number of aryl methyl sites for hydroxylation is 2. The molecular formula is C38H41FN4O5. The molecule has 0 unspecified atom stereocenters. The first-order valence-electron chi connectivity index (χ1n) is 16.4. The second kappa shape index (κ2) is 12.7. The van der Waals surface area contributed by atoms with E-state index >= 15 is 4.39 Å². The number of fused-ring (bicyclic) bond motifs is 2. The second-order valence-electron chi connectivity index (χ2n) is 13.9. The van der Waals surface area contributed by atoms with Gasteiger partial charge in [-0.05, 0) is 107 Å². The zero-order valence-corrected chi connectivity index (χ0v) is 28.3. The molecule has 0 bridgehead atoms. The molecule has 2 aliphatic rings. The van der Waals surface area contributed by atoms with E-state index in [1.807, 2.05) is 30.0 Å². The SMILES string of the molecule is Cc1nc2c(cc(C(=O)N3CCC(c4cccc(C#N)c4)CC3)n2C)c(-c2cc(F)c3c(c2C)CCCO3)c1[C@H](OC(C)(C)C)C(=O)O. The molecule has 250 valence electrons. The van der Waals surface area contributed by atoms with Crippen LogP contribution < -0.4 is 4.74 Å². The fourth-order valence-corrected chi connectivity index (χ4v) is 7.22. The van der Waals surface area contributed by atoms with E-state index in [1.165, 1.54) is 6.07 Å². The van der Waals surface area contributed by atoms with Gasteiger partial charge in [0.1, 0.15) is 11.3 Å². The van der Waals surface area contributed by atoms with Crippen LogP contribution in [-0.4, -0.2) is 56.7 Å². The number of pyridine rings is 1. The molecule has 1 atom stereocenters. The van der Waals surface area contributed by atoms with Gasteiger partial charge in [0.15, 0.2) is 17.7 Å². The predicted octanol–water partition coefficient (Wildman–Crippen LogP) is 7.15. The van der Waals surface area contributed by atoms with Crippen LogP contribution in [0.4, 0.5) is 4.39 Å². The van der Waals surface area contributed by atoms with E-state index in [0.29, 0.717) is 70.8 Å². The third-order valence-electron chi connectivity index (χ3n) is 9.55. The number of carboxylic acids is 1. The van der Waals surface area contributed by atoms with Gasteiger partial charge in [0.2, 0.25) is 0 Å². The number of piperidine rings is 1. The van der Waals surface area contributed by atoms with Gasteiger partial charge in [0, 0.05) is 47.9 Å². The largest absolute Gasteiger partial charge is 0.490 e. The zero-order chi connectivity index (χ0) is 34.5. The van der Waals surface area contributed by atoms with Crippen LogP contribution in [0.5, 0.6) is 5.75 Å². The third kappa shape index (κ3) is 6.03. The number of aromatic nitrogens is 2. The summed E-state index contributed by atoms with van der Waals surface area (Å²) in [7, 11) is 1.78. The number of carbonyl (C=O) groups is 2. The fraction of sp³-hybridized carbons (Fsp3) is 0.421. The van der Waals surface area contributed by atoms with Gasteiger partial charge >= 0.3 is 5.97 Å². The number of hydrogen-bond acceptors (Lipinski definition) is 6. The van der Waals surface area contributed by atoms with Gasteiger partial charge in [0.05, 0.1) is 23.8 Å². The van der Waals surface area contributed by atoms with Gasteiger partial charge in [0.25, 0.3) is 5.91 Å². The Kier molecular flexibility index (Phi) is 8.77. The van der Waals surface area contributed by atoms with Crippen LogP contribution in [0.3, 0.4) is 0 Å². The van der Waals surface area contributed by atoms with Gasteiger partial charge in [-0.25, -0.2) is 14.2 Å². The van der Waals surface area contributed by atoms with Crippen LogP contribution in [0.1, 0.15) is 96.1 Å². The Bertz CT molecular complexity index is 1980. The highest BCUT2D eigenvalue weighted by atomic mass is 19.1. The maximum atomic E-state index is 15.7. The molecule has 2 aromatic heterocycles. The van der Waals surface area contributed by atoms with Gasteiger partial charge in [-0.2, -0.15) is 5.26 Å². The van der Waals surface area contributed by atoms with Gasteiger partial charge < -0.3 is 24.0 Å². The van der Waals surface area contributed by atoms with E-state index in [-0.39, 0.29) is 17.6 Å². The number of carboxylic acid groups (broad SMARTS) is 1. The Balaban J connectivity index is 1.48. The molecule has 10 heteroatoms. The molecule has 6 rings (SSSR count). The smallest absolute Gasteiger partial charge is 0.337 e. The quantitative estimate of drug-likeness (QED) is 0.235. The summed E-state index contributed by atoms with van der Waals surface area (Å²) in [4.78, 5) is 33.7. The Morgan fingerprint density at radius 3 is 2.56 bits per heavy atom. The Hall–Kier alpha value is -4.75. The van der Waals surface area contributed by atoms with Crippen LogP contribution in [-0.2, 0) is 23.0 Å². The number of carbonyl (C=O) groups excluding carboxylic acids is 1. The molecule has 4 aromatic rings. The minimum atomic E-state index is -1.40. The van der Waals surface area contributed by atoms with Crippen molar-refractivity contribution in [3.8, 4) is 22.9 Å². The van der Waals surface area contributed by atoms with Crippen molar-refractivity contribution in [2.24, 2.45) is 7.05 Å². The molecule has 1 saturated heterocycles. The molecule has 0 spiro atoms. The topological polar surface area (TPSA) is 118 Å². The summed E-state index contributed by atoms with van der Waals surface area (Å²) < 4.78 is 29.3. The highest BCUT2D eigenvalue weighted by molar-refractivity contribution is 6.04. The third-order valence-corrected chi connectivity index (χ3v) is 9.55. The van der Waals surface area contributed by atoms with Crippen molar-refractivity contribution in [1.82, 2.24) is 14.5 Å². The first-order chi connectivity index (χ1) is 22.8. The summed E-state index contributed by atoms with van der Waals surface area (Å²) in [5, 5.41) is 20.4. The van der Waals surface area contributed by atoms with Gasteiger partial charge in [-0.1, -0.05) is 12.1 Å². The first-order valence-corrected chi connectivity index (χ1v) is 16.4. The lowest BCUT2D eigenvalue weighted by Crippen LogP contribution is -2.38. The lowest BCUT2D eigenvalue weighted by molar-refractivity contribution is -0.160. The number of aliphatic carboxylic acids is 1. The van der Waals surface area contributed by atoms with E-state index < -0.39 is 23.5 Å². The number of ether oxygens (including phenoxy) is 2. The fourth-order valence-electron chi connectivity index (χ4n) is 7.22. The summed E-state index contributed by atoms with van der Waals surface area (Å²) in [5.74, 6) is -1.39. The maximum absolute atomic E-state index is 15.7. The molecule has 0 aliphatic carbocycles. The molecule has 1 N–H and O–H groups in total. The van der Waals surface area contributed by atoms with Crippen LogP contribution in [0, 0.1) is 31.0 Å². The number of hydrogen-bond donors (Lipinski definition) is 1. The molecule has 0 saturated carbocycles. The molecule has 48 heavy (non-hydrogen) atoms. The molecule has 2 aromatic carbocycles. The standard InChI is InChI=1S/C38H41FN4O5/c1-21-26-11-8-16-47-33(26)29(39)18-27(21)32-28-19-30(36(44)43-14-12-24(13-15-43)25-10-7-9-23(17-25)20-40)42(6)35(28)41-22(2)31(32)34(37(45)46)48-38(3,4)5/h7,9-10,17-19,24,34H,8,11-16H2,1-6H3,(H,45,46)/t34-/m0/s1. The summed E-state index contributed by atoms with van der Waals surface area (Å²) in [6.45, 7) is 10.5.